The Morgan fingerprint density at radius 1 is 1.00 bits per heavy atom. The summed E-state index contributed by atoms with van der Waals surface area (Å²) < 4.78 is 15.9. The zero-order valence-corrected chi connectivity index (χ0v) is 10.9. The molecule has 16 heavy (non-hydrogen) atoms. The van der Waals surface area contributed by atoms with Gasteiger partial charge in [-0.2, -0.15) is 0 Å². The Morgan fingerprint density at radius 2 is 1.62 bits per heavy atom. The molecule has 0 amide bonds. The average molecular weight is 234 g/mol. The third-order valence-corrected chi connectivity index (χ3v) is 2.00. The van der Waals surface area contributed by atoms with Crippen molar-refractivity contribution in [3.63, 3.8) is 0 Å². The lowest BCUT2D eigenvalue weighted by atomic mass is 10.2. The van der Waals surface area contributed by atoms with Gasteiger partial charge in [0.2, 0.25) is 0 Å². The zero-order valence-electron chi connectivity index (χ0n) is 10.9. The van der Waals surface area contributed by atoms with Crippen LogP contribution in [-0.2, 0) is 14.2 Å². The lowest BCUT2D eigenvalue weighted by molar-refractivity contribution is -0.164. The van der Waals surface area contributed by atoms with Gasteiger partial charge in [-0.25, -0.2) is 0 Å². The number of rotatable bonds is 10. The van der Waals surface area contributed by atoms with Crippen molar-refractivity contribution in [3.05, 3.63) is 0 Å². The SMILES string of the molecule is CCCOCCOCC(C)C(O)OC(C)C. The fraction of sp³-hybridized carbons (Fsp3) is 1.00. The predicted molar refractivity (Wildman–Crippen MR) is 63.3 cm³/mol. The molecule has 4 heteroatoms. The molecule has 0 aromatic carbocycles. The first-order chi connectivity index (χ1) is 7.57. The van der Waals surface area contributed by atoms with Crippen LogP contribution in [0, 0.1) is 5.92 Å². The largest absolute Gasteiger partial charge is 0.379 e. The van der Waals surface area contributed by atoms with Crippen molar-refractivity contribution in [3.8, 4) is 0 Å². The molecule has 98 valence electrons. The summed E-state index contributed by atoms with van der Waals surface area (Å²) in [4.78, 5) is 0. The normalized spacial score (nSPS) is 15.4. The van der Waals surface area contributed by atoms with Crippen LogP contribution in [0.1, 0.15) is 34.1 Å². The molecule has 0 saturated carbocycles. The van der Waals surface area contributed by atoms with Gasteiger partial charge in [-0.05, 0) is 20.3 Å². The van der Waals surface area contributed by atoms with E-state index in [2.05, 4.69) is 6.92 Å². The Morgan fingerprint density at radius 3 is 2.19 bits per heavy atom. The fourth-order valence-electron chi connectivity index (χ4n) is 1.13. The molecule has 0 radical (unpaired) electrons. The lowest BCUT2D eigenvalue weighted by Crippen LogP contribution is -2.28. The summed E-state index contributed by atoms with van der Waals surface area (Å²) in [6, 6.07) is 0. The molecule has 0 aromatic heterocycles. The maximum Gasteiger partial charge on any atom is 0.159 e. The van der Waals surface area contributed by atoms with Gasteiger partial charge in [-0.3, -0.25) is 0 Å². The van der Waals surface area contributed by atoms with E-state index in [0.717, 1.165) is 13.0 Å². The van der Waals surface area contributed by atoms with E-state index in [0.29, 0.717) is 19.8 Å². The molecule has 0 fully saturated rings. The third-order valence-electron chi connectivity index (χ3n) is 2.00. The summed E-state index contributed by atoms with van der Waals surface area (Å²) in [7, 11) is 0. The van der Waals surface area contributed by atoms with Gasteiger partial charge in [0.15, 0.2) is 6.29 Å². The van der Waals surface area contributed by atoms with Crippen molar-refractivity contribution in [2.24, 2.45) is 5.92 Å². The first kappa shape index (κ1) is 15.8. The van der Waals surface area contributed by atoms with Gasteiger partial charge >= 0.3 is 0 Å². The van der Waals surface area contributed by atoms with Crippen LogP contribution in [-0.4, -0.2) is 43.9 Å². The van der Waals surface area contributed by atoms with Crippen molar-refractivity contribution in [2.45, 2.75) is 46.5 Å². The van der Waals surface area contributed by atoms with Gasteiger partial charge in [0.25, 0.3) is 0 Å². The quantitative estimate of drug-likeness (QED) is 0.462. The Hall–Kier alpha value is -0.160. The maximum absolute atomic E-state index is 9.60. The summed E-state index contributed by atoms with van der Waals surface area (Å²) in [6.07, 6.45) is 0.305. The molecule has 0 aliphatic carbocycles. The van der Waals surface area contributed by atoms with Crippen molar-refractivity contribution >= 4 is 0 Å². The fourth-order valence-corrected chi connectivity index (χ4v) is 1.13. The molecule has 0 aromatic rings. The first-order valence-electron chi connectivity index (χ1n) is 6.07. The van der Waals surface area contributed by atoms with E-state index in [-0.39, 0.29) is 12.0 Å². The Kier molecular flexibility index (Phi) is 9.92. The second-order valence-electron chi connectivity index (χ2n) is 4.24. The summed E-state index contributed by atoms with van der Waals surface area (Å²) in [5, 5.41) is 9.60. The van der Waals surface area contributed by atoms with Gasteiger partial charge in [0, 0.05) is 12.5 Å². The summed E-state index contributed by atoms with van der Waals surface area (Å²) in [5.41, 5.74) is 0. The Balaban J connectivity index is 3.38. The summed E-state index contributed by atoms with van der Waals surface area (Å²) in [5.74, 6) is -0.0198. The topological polar surface area (TPSA) is 47.9 Å². The minimum atomic E-state index is -0.753. The highest BCUT2D eigenvalue weighted by Crippen LogP contribution is 2.07. The van der Waals surface area contributed by atoms with Crippen molar-refractivity contribution < 1.29 is 19.3 Å². The van der Waals surface area contributed by atoms with Crippen molar-refractivity contribution in [1.82, 2.24) is 0 Å². The van der Waals surface area contributed by atoms with E-state index in [9.17, 15) is 5.11 Å². The highest BCUT2D eigenvalue weighted by Gasteiger charge is 2.15. The highest BCUT2D eigenvalue weighted by molar-refractivity contribution is 4.55. The molecule has 1 N–H and O–H groups in total. The van der Waals surface area contributed by atoms with E-state index >= 15 is 0 Å². The van der Waals surface area contributed by atoms with E-state index < -0.39 is 6.29 Å². The molecule has 0 aliphatic heterocycles. The maximum atomic E-state index is 9.60. The number of aliphatic hydroxyl groups excluding tert-OH is 1. The molecular weight excluding hydrogens is 208 g/mol. The van der Waals surface area contributed by atoms with Crippen LogP contribution in [0.2, 0.25) is 0 Å². The molecule has 0 aliphatic rings. The second-order valence-corrected chi connectivity index (χ2v) is 4.24. The molecule has 0 rings (SSSR count). The van der Waals surface area contributed by atoms with E-state index in [4.69, 9.17) is 14.2 Å². The summed E-state index contributed by atoms with van der Waals surface area (Å²) >= 11 is 0. The van der Waals surface area contributed by atoms with Gasteiger partial charge in [-0.1, -0.05) is 13.8 Å². The molecule has 0 bridgehead atoms. The van der Waals surface area contributed by atoms with Gasteiger partial charge in [-0.15, -0.1) is 0 Å². The van der Waals surface area contributed by atoms with Crippen LogP contribution in [0.15, 0.2) is 0 Å². The zero-order chi connectivity index (χ0) is 12.4. The molecule has 0 spiro atoms. The first-order valence-corrected chi connectivity index (χ1v) is 6.07. The number of hydrogen-bond acceptors (Lipinski definition) is 4. The molecule has 2 unspecified atom stereocenters. The average Bonchev–Trinajstić information content (AvgIpc) is 2.21. The second kappa shape index (κ2) is 10.0. The Bertz CT molecular complexity index is 150. The molecule has 4 nitrogen and oxygen atoms in total. The van der Waals surface area contributed by atoms with E-state index in [1.54, 1.807) is 0 Å². The predicted octanol–water partition coefficient (Wildman–Crippen LogP) is 1.81. The number of ether oxygens (including phenoxy) is 3. The standard InChI is InChI=1S/C12H26O4/c1-5-6-14-7-8-15-9-11(4)12(13)16-10(2)3/h10-13H,5-9H2,1-4H3. The van der Waals surface area contributed by atoms with Gasteiger partial charge < -0.3 is 19.3 Å². The van der Waals surface area contributed by atoms with E-state index in [1.165, 1.54) is 0 Å². The van der Waals surface area contributed by atoms with Crippen LogP contribution in [0.3, 0.4) is 0 Å². The molecule has 0 saturated heterocycles. The minimum absolute atomic E-state index is 0.0198. The third kappa shape index (κ3) is 9.09. The lowest BCUT2D eigenvalue weighted by Gasteiger charge is -2.21. The minimum Gasteiger partial charge on any atom is -0.379 e. The van der Waals surface area contributed by atoms with Crippen molar-refractivity contribution in [1.29, 1.82) is 0 Å². The number of aliphatic hydroxyl groups is 1. The van der Waals surface area contributed by atoms with Gasteiger partial charge in [0.1, 0.15) is 0 Å². The highest BCUT2D eigenvalue weighted by atomic mass is 16.6. The monoisotopic (exact) mass is 234 g/mol. The van der Waals surface area contributed by atoms with Crippen LogP contribution in [0.4, 0.5) is 0 Å². The van der Waals surface area contributed by atoms with E-state index in [1.807, 2.05) is 20.8 Å². The van der Waals surface area contributed by atoms with Crippen LogP contribution >= 0.6 is 0 Å². The smallest absolute Gasteiger partial charge is 0.159 e. The van der Waals surface area contributed by atoms with Gasteiger partial charge in [0.05, 0.1) is 25.9 Å². The van der Waals surface area contributed by atoms with Crippen molar-refractivity contribution in [2.75, 3.05) is 26.4 Å². The molecule has 0 heterocycles. The molecule has 2 atom stereocenters. The van der Waals surface area contributed by atoms with Crippen LogP contribution < -0.4 is 0 Å². The van der Waals surface area contributed by atoms with Crippen LogP contribution in [0.25, 0.3) is 0 Å². The Labute approximate surface area is 98.9 Å². The molecular formula is C12H26O4. The summed E-state index contributed by atoms with van der Waals surface area (Å²) in [6.45, 7) is 10.2. The number of hydrogen-bond donors (Lipinski definition) is 1. The van der Waals surface area contributed by atoms with Crippen LogP contribution in [0.5, 0.6) is 0 Å².